The quantitative estimate of drug-likeness (QED) is 0.550. The molecule has 0 unspecified atom stereocenters. The zero-order valence-electron chi connectivity index (χ0n) is 16.6. The predicted octanol–water partition coefficient (Wildman–Crippen LogP) is 2.58. The number of methoxy groups -OCH3 is 1. The van der Waals surface area contributed by atoms with E-state index in [1.54, 1.807) is 27.7 Å². The Morgan fingerprint density at radius 1 is 1.00 bits per heavy atom. The van der Waals surface area contributed by atoms with E-state index in [-0.39, 0.29) is 11.9 Å². The van der Waals surface area contributed by atoms with Crippen LogP contribution in [0.2, 0.25) is 0 Å². The standard InChI is InChI=1S/C16H28N2O4.C2H6/c1-9-11(19)17-16(6,7)12(20)18-15(4,5)10-14(2,3)13(21)22-8;1-2/h9H,1,10H2,2-8H3,(H,17,19)(H,18,20);1-2H3. The van der Waals surface area contributed by atoms with Crippen LogP contribution in [0.15, 0.2) is 12.7 Å². The Kier molecular flexibility index (Phi) is 9.61. The van der Waals surface area contributed by atoms with E-state index in [2.05, 4.69) is 17.2 Å². The summed E-state index contributed by atoms with van der Waals surface area (Å²) in [4.78, 5) is 35.5. The maximum Gasteiger partial charge on any atom is 0.311 e. The summed E-state index contributed by atoms with van der Waals surface area (Å²) in [6.45, 7) is 17.7. The summed E-state index contributed by atoms with van der Waals surface area (Å²) in [5.41, 5.74) is -2.47. The van der Waals surface area contributed by atoms with Crippen molar-refractivity contribution in [3.63, 3.8) is 0 Å². The molecule has 0 saturated heterocycles. The van der Waals surface area contributed by atoms with Gasteiger partial charge in [-0.1, -0.05) is 20.4 Å². The number of rotatable bonds is 7. The third kappa shape index (κ3) is 8.13. The molecular formula is C18H34N2O4. The topological polar surface area (TPSA) is 84.5 Å². The molecule has 0 heterocycles. The summed E-state index contributed by atoms with van der Waals surface area (Å²) in [5, 5.41) is 5.43. The third-order valence-corrected chi connectivity index (χ3v) is 3.26. The van der Waals surface area contributed by atoms with Crippen molar-refractivity contribution in [1.82, 2.24) is 10.6 Å². The van der Waals surface area contributed by atoms with Gasteiger partial charge in [-0.2, -0.15) is 0 Å². The second-order valence-corrected chi connectivity index (χ2v) is 7.21. The Bertz CT molecular complexity index is 466. The highest BCUT2D eigenvalue weighted by atomic mass is 16.5. The molecule has 0 bridgehead atoms. The van der Waals surface area contributed by atoms with E-state index >= 15 is 0 Å². The van der Waals surface area contributed by atoms with Crippen LogP contribution in [0.4, 0.5) is 0 Å². The lowest BCUT2D eigenvalue weighted by Gasteiger charge is -2.36. The van der Waals surface area contributed by atoms with E-state index in [1.807, 2.05) is 27.7 Å². The molecule has 6 nitrogen and oxygen atoms in total. The maximum atomic E-state index is 12.4. The van der Waals surface area contributed by atoms with Crippen LogP contribution in [0.5, 0.6) is 0 Å². The SMILES string of the molecule is C=CC(=O)NC(C)(C)C(=O)NC(C)(C)CC(C)(C)C(=O)OC.CC. The number of amides is 2. The molecule has 140 valence electrons. The highest BCUT2D eigenvalue weighted by Gasteiger charge is 2.39. The van der Waals surface area contributed by atoms with Gasteiger partial charge >= 0.3 is 5.97 Å². The first-order valence-corrected chi connectivity index (χ1v) is 8.13. The van der Waals surface area contributed by atoms with Crippen molar-refractivity contribution in [2.75, 3.05) is 7.11 Å². The Balaban J connectivity index is 0. The Morgan fingerprint density at radius 3 is 1.83 bits per heavy atom. The molecule has 2 N–H and O–H groups in total. The zero-order valence-corrected chi connectivity index (χ0v) is 16.6. The molecule has 0 aliphatic heterocycles. The van der Waals surface area contributed by atoms with Gasteiger partial charge in [-0.15, -0.1) is 0 Å². The summed E-state index contributed by atoms with van der Waals surface area (Å²) in [5.74, 6) is -1.10. The van der Waals surface area contributed by atoms with Gasteiger partial charge in [0.2, 0.25) is 11.8 Å². The lowest BCUT2D eigenvalue weighted by molar-refractivity contribution is -0.152. The zero-order chi connectivity index (χ0) is 19.8. The lowest BCUT2D eigenvalue weighted by atomic mass is 9.79. The van der Waals surface area contributed by atoms with Gasteiger partial charge in [0.05, 0.1) is 12.5 Å². The van der Waals surface area contributed by atoms with Crippen molar-refractivity contribution < 1.29 is 19.1 Å². The average molecular weight is 342 g/mol. The highest BCUT2D eigenvalue weighted by molar-refractivity contribution is 5.94. The van der Waals surface area contributed by atoms with E-state index in [9.17, 15) is 14.4 Å². The number of hydrogen-bond acceptors (Lipinski definition) is 4. The van der Waals surface area contributed by atoms with Crippen molar-refractivity contribution in [3.05, 3.63) is 12.7 Å². The third-order valence-electron chi connectivity index (χ3n) is 3.26. The smallest absolute Gasteiger partial charge is 0.311 e. The van der Waals surface area contributed by atoms with Gasteiger partial charge in [0.15, 0.2) is 0 Å². The number of carbonyl (C=O) groups is 3. The van der Waals surface area contributed by atoms with Gasteiger partial charge in [0.1, 0.15) is 5.54 Å². The van der Waals surface area contributed by atoms with Crippen molar-refractivity contribution >= 4 is 17.8 Å². The van der Waals surface area contributed by atoms with Crippen molar-refractivity contribution in [2.45, 2.75) is 72.9 Å². The summed E-state index contributed by atoms with van der Waals surface area (Å²) in [7, 11) is 1.34. The van der Waals surface area contributed by atoms with E-state index in [0.29, 0.717) is 6.42 Å². The van der Waals surface area contributed by atoms with E-state index in [4.69, 9.17) is 4.74 Å². The summed E-state index contributed by atoms with van der Waals surface area (Å²) < 4.78 is 4.78. The molecule has 0 aromatic heterocycles. The molecule has 0 aromatic carbocycles. The highest BCUT2D eigenvalue weighted by Crippen LogP contribution is 2.29. The van der Waals surface area contributed by atoms with Gasteiger partial charge in [-0.25, -0.2) is 0 Å². The fraction of sp³-hybridized carbons (Fsp3) is 0.722. The summed E-state index contributed by atoms with van der Waals surface area (Å²) in [6, 6.07) is 0. The average Bonchev–Trinajstić information content (AvgIpc) is 2.45. The van der Waals surface area contributed by atoms with Gasteiger partial charge in [0.25, 0.3) is 0 Å². The Morgan fingerprint density at radius 2 is 1.46 bits per heavy atom. The second-order valence-electron chi connectivity index (χ2n) is 7.21. The van der Waals surface area contributed by atoms with Crippen LogP contribution in [-0.4, -0.2) is 36.0 Å². The molecule has 0 aliphatic carbocycles. The molecule has 0 saturated carbocycles. The van der Waals surface area contributed by atoms with E-state index in [0.717, 1.165) is 6.08 Å². The van der Waals surface area contributed by atoms with Gasteiger partial charge in [0, 0.05) is 5.54 Å². The fourth-order valence-electron chi connectivity index (χ4n) is 2.38. The minimum atomic E-state index is -1.09. The van der Waals surface area contributed by atoms with Gasteiger partial charge < -0.3 is 15.4 Å². The first-order chi connectivity index (χ1) is 10.8. The molecule has 0 rings (SSSR count). The first kappa shape index (κ1) is 24.4. The minimum Gasteiger partial charge on any atom is -0.469 e. The van der Waals surface area contributed by atoms with Crippen LogP contribution in [0.3, 0.4) is 0 Å². The molecule has 0 aromatic rings. The van der Waals surface area contributed by atoms with Crippen LogP contribution in [0.25, 0.3) is 0 Å². The lowest BCUT2D eigenvalue weighted by Crippen LogP contribution is -2.59. The first-order valence-electron chi connectivity index (χ1n) is 8.13. The minimum absolute atomic E-state index is 0.339. The van der Waals surface area contributed by atoms with Gasteiger partial charge in [-0.05, 0) is 54.0 Å². The molecule has 2 amide bonds. The van der Waals surface area contributed by atoms with Crippen LogP contribution >= 0.6 is 0 Å². The molecular weight excluding hydrogens is 308 g/mol. The van der Waals surface area contributed by atoms with E-state index < -0.39 is 22.4 Å². The fourth-order valence-corrected chi connectivity index (χ4v) is 2.38. The van der Waals surface area contributed by atoms with E-state index in [1.165, 1.54) is 7.11 Å². The monoisotopic (exact) mass is 342 g/mol. The van der Waals surface area contributed by atoms with Crippen LogP contribution < -0.4 is 10.6 Å². The molecule has 0 atom stereocenters. The van der Waals surface area contributed by atoms with Gasteiger partial charge in [-0.3, -0.25) is 14.4 Å². The maximum absolute atomic E-state index is 12.4. The molecule has 24 heavy (non-hydrogen) atoms. The predicted molar refractivity (Wildman–Crippen MR) is 96.4 cm³/mol. The molecule has 0 aliphatic rings. The number of hydrogen-bond donors (Lipinski definition) is 2. The number of esters is 1. The molecule has 0 fully saturated rings. The Labute approximate surface area is 146 Å². The number of ether oxygens (including phenoxy) is 1. The normalized spacial score (nSPS) is 11.5. The largest absolute Gasteiger partial charge is 0.469 e. The van der Waals surface area contributed by atoms with Crippen LogP contribution in [0, 0.1) is 5.41 Å². The van der Waals surface area contributed by atoms with Crippen molar-refractivity contribution in [2.24, 2.45) is 5.41 Å². The summed E-state index contributed by atoms with van der Waals surface area (Å²) >= 11 is 0. The molecule has 0 radical (unpaired) electrons. The summed E-state index contributed by atoms with van der Waals surface area (Å²) in [6.07, 6.45) is 1.50. The molecule has 0 spiro atoms. The van der Waals surface area contributed by atoms with Crippen molar-refractivity contribution in [1.29, 1.82) is 0 Å². The van der Waals surface area contributed by atoms with Crippen molar-refractivity contribution in [3.8, 4) is 0 Å². The number of carbonyl (C=O) groups excluding carboxylic acids is 3. The second kappa shape index (κ2) is 9.45. The number of nitrogens with one attached hydrogen (secondary N) is 2. The van der Waals surface area contributed by atoms with Crippen LogP contribution in [0.1, 0.15) is 61.8 Å². The molecule has 6 heteroatoms. The Hall–Kier alpha value is -1.85. The van der Waals surface area contributed by atoms with Crippen LogP contribution in [-0.2, 0) is 19.1 Å².